The summed E-state index contributed by atoms with van der Waals surface area (Å²) in [7, 11) is 1.76. The topological polar surface area (TPSA) is 64.1 Å². The molecule has 7 heteroatoms. The number of guanidine groups is 1. The fourth-order valence-electron chi connectivity index (χ4n) is 2.29. The second-order valence-electron chi connectivity index (χ2n) is 7.25. The predicted molar refractivity (Wildman–Crippen MR) is 127 cm³/mol. The molecule has 0 aliphatic heterocycles. The molecule has 0 saturated carbocycles. The highest BCUT2D eigenvalue weighted by Crippen LogP contribution is 2.22. The Hall–Kier alpha value is -1.06. The number of aliphatic imine (C=N–C) groups is 1. The van der Waals surface area contributed by atoms with Crippen LogP contribution in [0.2, 0.25) is 0 Å². The Balaban J connectivity index is 0.00000729. The molecule has 0 atom stereocenters. The van der Waals surface area contributed by atoms with Crippen molar-refractivity contribution in [2.75, 3.05) is 40.0 Å². The number of halogens is 1. The predicted octanol–water partition coefficient (Wildman–Crippen LogP) is 3.98. The molecule has 0 fully saturated rings. The van der Waals surface area contributed by atoms with Gasteiger partial charge in [-0.3, -0.25) is 4.99 Å². The lowest BCUT2D eigenvalue weighted by Crippen LogP contribution is -2.38. The van der Waals surface area contributed by atoms with Gasteiger partial charge in [-0.1, -0.05) is 31.5 Å². The van der Waals surface area contributed by atoms with Gasteiger partial charge in [-0.15, -0.1) is 24.0 Å². The molecule has 0 aromatic heterocycles. The van der Waals surface area contributed by atoms with Crippen molar-refractivity contribution in [2.24, 2.45) is 4.99 Å². The van der Waals surface area contributed by atoms with Gasteiger partial charge >= 0.3 is 0 Å². The average molecular weight is 507 g/mol. The zero-order valence-corrected chi connectivity index (χ0v) is 20.4. The van der Waals surface area contributed by atoms with Crippen molar-refractivity contribution in [2.45, 2.75) is 52.7 Å². The van der Waals surface area contributed by atoms with E-state index in [1.54, 1.807) is 7.05 Å². The minimum absolute atomic E-state index is 0. The highest BCUT2D eigenvalue weighted by atomic mass is 127. The van der Waals surface area contributed by atoms with Gasteiger partial charge in [0.25, 0.3) is 0 Å². The van der Waals surface area contributed by atoms with Crippen molar-refractivity contribution in [1.29, 1.82) is 0 Å². The molecule has 28 heavy (non-hydrogen) atoms. The SMILES string of the molecule is CCCCOCCOCCNC(=NC)NCc1ccccc1OC(C)(C)C.I. The molecule has 0 aliphatic rings. The first-order valence-electron chi connectivity index (χ1n) is 9.83. The molecule has 162 valence electrons. The Labute approximate surface area is 187 Å². The molecule has 0 bridgehead atoms. The third-order valence-corrected chi connectivity index (χ3v) is 3.61. The second-order valence-corrected chi connectivity index (χ2v) is 7.25. The van der Waals surface area contributed by atoms with Gasteiger partial charge in [0, 0.05) is 32.3 Å². The van der Waals surface area contributed by atoms with Crippen molar-refractivity contribution >= 4 is 29.9 Å². The standard InChI is InChI=1S/C21H37N3O3.HI/c1-6-7-13-25-15-16-26-14-12-23-20(22-5)24-17-18-10-8-9-11-19(18)27-21(2,3)4;/h8-11H,6-7,12-17H2,1-5H3,(H2,22,23,24);1H. The first-order chi connectivity index (χ1) is 13.0. The summed E-state index contributed by atoms with van der Waals surface area (Å²) >= 11 is 0. The van der Waals surface area contributed by atoms with Gasteiger partial charge in [-0.25, -0.2) is 0 Å². The number of para-hydroxylation sites is 1. The van der Waals surface area contributed by atoms with Crippen LogP contribution in [0.4, 0.5) is 0 Å². The molecule has 0 aliphatic carbocycles. The summed E-state index contributed by atoms with van der Waals surface area (Å²) in [6.45, 7) is 12.3. The first-order valence-corrected chi connectivity index (χ1v) is 9.83. The Morgan fingerprint density at radius 1 is 1.00 bits per heavy atom. The van der Waals surface area contributed by atoms with E-state index in [4.69, 9.17) is 14.2 Å². The molecule has 0 radical (unpaired) electrons. The maximum absolute atomic E-state index is 6.03. The van der Waals surface area contributed by atoms with Crippen LogP contribution >= 0.6 is 24.0 Å². The number of hydrogen-bond acceptors (Lipinski definition) is 4. The minimum Gasteiger partial charge on any atom is -0.488 e. The Morgan fingerprint density at radius 2 is 1.68 bits per heavy atom. The van der Waals surface area contributed by atoms with Crippen LogP contribution in [0.1, 0.15) is 46.1 Å². The van der Waals surface area contributed by atoms with E-state index in [9.17, 15) is 0 Å². The van der Waals surface area contributed by atoms with Crippen molar-refractivity contribution in [1.82, 2.24) is 10.6 Å². The Bertz CT molecular complexity index is 548. The van der Waals surface area contributed by atoms with Crippen molar-refractivity contribution < 1.29 is 14.2 Å². The molecule has 0 spiro atoms. The smallest absolute Gasteiger partial charge is 0.191 e. The maximum Gasteiger partial charge on any atom is 0.191 e. The number of nitrogens with one attached hydrogen (secondary N) is 2. The van der Waals surface area contributed by atoms with Crippen LogP contribution in [-0.2, 0) is 16.0 Å². The lowest BCUT2D eigenvalue weighted by atomic mass is 10.1. The summed E-state index contributed by atoms with van der Waals surface area (Å²) in [6, 6.07) is 8.05. The fourth-order valence-corrected chi connectivity index (χ4v) is 2.29. The summed E-state index contributed by atoms with van der Waals surface area (Å²) in [5.74, 6) is 1.63. The number of benzene rings is 1. The molecule has 6 nitrogen and oxygen atoms in total. The van der Waals surface area contributed by atoms with Crippen LogP contribution in [0.5, 0.6) is 5.75 Å². The van der Waals surface area contributed by atoms with Crippen LogP contribution in [0.15, 0.2) is 29.3 Å². The van der Waals surface area contributed by atoms with Gasteiger partial charge in [0.2, 0.25) is 0 Å². The van der Waals surface area contributed by atoms with E-state index < -0.39 is 0 Å². The van der Waals surface area contributed by atoms with E-state index in [0.717, 1.165) is 36.7 Å². The second kappa shape index (κ2) is 15.8. The zero-order valence-electron chi connectivity index (χ0n) is 18.0. The first kappa shape index (κ1) is 26.9. The number of nitrogens with zero attached hydrogens (tertiary/aromatic N) is 1. The summed E-state index contributed by atoms with van der Waals surface area (Å²) in [6.07, 6.45) is 2.26. The number of unbranched alkanes of at least 4 members (excludes halogenated alkanes) is 1. The number of ether oxygens (including phenoxy) is 3. The molecule has 1 rings (SSSR count). The van der Waals surface area contributed by atoms with Crippen LogP contribution in [-0.4, -0.2) is 51.6 Å². The quantitative estimate of drug-likeness (QED) is 0.194. The third-order valence-electron chi connectivity index (χ3n) is 3.61. The third kappa shape index (κ3) is 13.2. The van der Waals surface area contributed by atoms with Crippen LogP contribution in [0, 0.1) is 0 Å². The zero-order chi connectivity index (χ0) is 20.0. The van der Waals surface area contributed by atoms with Crippen LogP contribution in [0.3, 0.4) is 0 Å². The molecule has 0 unspecified atom stereocenters. The summed E-state index contributed by atoms with van der Waals surface area (Å²) in [5.41, 5.74) is 0.865. The van der Waals surface area contributed by atoms with E-state index >= 15 is 0 Å². The normalized spacial score (nSPS) is 11.7. The lowest BCUT2D eigenvalue weighted by Gasteiger charge is -2.23. The number of rotatable bonds is 12. The van der Waals surface area contributed by atoms with Gasteiger partial charge in [-0.05, 0) is 33.3 Å². The minimum atomic E-state index is -0.229. The summed E-state index contributed by atoms with van der Waals surface area (Å²) < 4.78 is 17.0. The molecule has 0 heterocycles. The Kier molecular flexibility index (Phi) is 15.2. The van der Waals surface area contributed by atoms with E-state index in [2.05, 4.69) is 28.6 Å². The molecule has 1 aromatic rings. The fraction of sp³-hybridized carbons (Fsp3) is 0.667. The summed E-state index contributed by atoms with van der Waals surface area (Å²) in [4.78, 5) is 4.25. The van der Waals surface area contributed by atoms with Gasteiger partial charge in [-0.2, -0.15) is 0 Å². The Morgan fingerprint density at radius 3 is 2.32 bits per heavy atom. The lowest BCUT2D eigenvalue weighted by molar-refractivity contribution is 0.0487. The van der Waals surface area contributed by atoms with E-state index in [0.29, 0.717) is 32.9 Å². The van der Waals surface area contributed by atoms with Gasteiger partial charge in [0.05, 0.1) is 19.8 Å². The van der Waals surface area contributed by atoms with Crippen molar-refractivity contribution in [3.05, 3.63) is 29.8 Å². The summed E-state index contributed by atoms with van der Waals surface area (Å²) in [5, 5.41) is 6.57. The molecule has 0 saturated heterocycles. The van der Waals surface area contributed by atoms with Crippen LogP contribution in [0.25, 0.3) is 0 Å². The maximum atomic E-state index is 6.03. The van der Waals surface area contributed by atoms with Gasteiger partial charge in [0.15, 0.2) is 5.96 Å². The van der Waals surface area contributed by atoms with Crippen molar-refractivity contribution in [3.63, 3.8) is 0 Å². The molecule has 0 amide bonds. The molecule has 2 N–H and O–H groups in total. The average Bonchev–Trinajstić information content (AvgIpc) is 2.62. The highest BCUT2D eigenvalue weighted by Gasteiger charge is 2.14. The van der Waals surface area contributed by atoms with E-state index in [1.165, 1.54) is 0 Å². The van der Waals surface area contributed by atoms with Crippen LogP contribution < -0.4 is 15.4 Å². The monoisotopic (exact) mass is 507 g/mol. The molecular weight excluding hydrogens is 469 g/mol. The van der Waals surface area contributed by atoms with E-state index in [1.807, 2.05) is 39.0 Å². The van der Waals surface area contributed by atoms with E-state index in [-0.39, 0.29) is 29.6 Å². The van der Waals surface area contributed by atoms with Crippen molar-refractivity contribution in [3.8, 4) is 5.75 Å². The van der Waals surface area contributed by atoms with Gasteiger partial charge < -0.3 is 24.8 Å². The number of hydrogen-bond donors (Lipinski definition) is 2. The molecular formula is C21H38IN3O3. The molecule has 1 aromatic carbocycles. The van der Waals surface area contributed by atoms with Gasteiger partial charge in [0.1, 0.15) is 11.4 Å². The highest BCUT2D eigenvalue weighted by molar-refractivity contribution is 14.0. The largest absolute Gasteiger partial charge is 0.488 e.